The Bertz CT molecular complexity index is 493. The lowest BCUT2D eigenvalue weighted by Crippen LogP contribution is -2.02. The highest BCUT2D eigenvalue weighted by Crippen LogP contribution is 2.26. The summed E-state index contributed by atoms with van der Waals surface area (Å²) in [6.45, 7) is 5.38. The minimum absolute atomic E-state index is 0.201. The van der Waals surface area contributed by atoms with Crippen molar-refractivity contribution >= 4 is 26.7 Å². The van der Waals surface area contributed by atoms with Gasteiger partial charge in [0, 0.05) is 6.54 Å². The molecule has 17 heavy (non-hydrogen) atoms. The monoisotopic (exact) mass is 252 g/mol. The van der Waals surface area contributed by atoms with Gasteiger partial charge < -0.3 is 5.32 Å². The number of hydrogen-bond acceptors (Lipinski definition) is 3. The molecule has 0 amide bonds. The molecule has 1 N–H and O–H groups in total. The van der Waals surface area contributed by atoms with Gasteiger partial charge in [-0.2, -0.15) is 0 Å². The number of benzene rings is 1. The fraction of sp³-hybridized carbons (Fsp3) is 0.462. The second-order valence-corrected chi connectivity index (χ2v) is 5.62. The molecule has 0 unspecified atom stereocenters. The maximum Gasteiger partial charge on any atom is 0.183 e. The van der Waals surface area contributed by atoms with Gasteiger partial charge in [-0.1, -0.05) is 25.2 Å². The Kier molecular flexibility index (Phi) is 3.94. The largest absolute Gasteiger partial charge is 0.361 e. The lowest BCUT2D eigenvalue weighted by molar-refractivity contribution is 0.567. The van der Waals surface area contributed by atoms with Crippen molar-refractivity contribution in [1.29, 1.82) is 0 Å². The minimum atomic E-state index is -0.201. The summed E-state index contributed by atoms with van der Waals surface area (Å²) in [5, 5.41) is 4.18. The van der Waals surface area contributed by atoms with Crippen LogP contribution in [0.3, 0.4) is 0 Å². The SMILES string of the molecule is CC(C)CCCNc1nc2ccc(F)cc2s1. The molecule has 0 aliphatic carbocycles. The third-order valence-corrected chi connectivity index (χ3v) is 3.56. The fourth-order valence-electron chi connectivity index (χ4n) is 1.68. The van der Waals surface area contributed by atoms with E-state index in [-0.39, 0.29) is 5.82 Å². The molecule has 0 bridgehead atoms. The zero-order valence-corrected chi connectivity index (χ0v) is 11.0. The van der Waals surface area contributed by atoms with Gasteiger partial charge >= 0.3 is 0 Å². The van der Waals surface area contributed by atoms with E-state index < -0.39 is 0 Å². The molecule has 0 atom stereocenters. The number of rotatable bonds is 5. The van der Waals surface area contributed by atoms with Gasteiger partial charge in [-0.15, -0.1) is 0 Å². The first kappa shape index (κ1) is 12.3. The quantitative estimate of drug-likeness (QED) is 0.803. The zero-order valence-electron chi connectivity index (χ0n) is 10.2. The smallest absolute Gasteiger partial charge is 0.183 e. The highest BCUT2D eigenvalue weighted by atomic mass is 32.1. The number of nitrogens with zero attached hydrogens (tertiary/aromatic N) is 1. The second kappa shape index (κ2) is 5.45. The normalized spacial score (nSPS) is 11.3. The summed E-state index contributed by atoms with van der Waals surface area (Å²) < 4.78 is 13.9. The molecule has 4 heteroatoms. The summed E-state index contributed by atoms with van der Waals surface area (Å²) in [7, 11) is 0. The summed E-state index contributed by atoms with van der Waals surface area (Å²) in [6, 6.07) is 4.71. The molecule has 0 saturated heterocycles. The predicted octanol–water partition coefficient (Wildman–Crippen LogP) is 4.28. The molecule has 0 saturated carbocycles. The predicted molar refractivity (Wildman–Crippen MR) is 72.1 cm³/mol. The van der Waals surface area contributed by atoms with Crippen LogP contribution in [-0.4, -0.2) is 11.5 Å². The van der Waals surface area contributed by atoms with Crippen LogP contribution in [0.4, 0.5) is 9.52 Å². The molecule has 2 rings (SSSR count). The van der Waals surface area contributed by atoms with E-state index in [1.54, 1.807) is 6.07 Å². The van der Waals surface area contributed by atoms with E-state index >= 15 is 0 Å². The molecule has 0 fully saturated rings. The molecule has 2 nitrogen and oxygen atoms in total. The van der Waals surface area contributed by atoms with Crippen molar-refractivity contribution in [2.45, 2.75) is 26.7 Å². The Morgan fingerprint density at radius 2 is 2.24 bits per heavy atom. The topological polar surface area (TPSA) is 24.9 Å². The van der Waals surface area contributed by atoms with Crippen molar-refractivity contribution in [3.63, 3.8) is 0 Å². The number of halogens is 1. The van der Waals surface area contributed by atoms with Crippen molar-refractivity contribution in [3.8, 4) is 0 Å². The van der Waals surface area contributed by atoms with Gasteiger partial charge in [-0.25, -0.2) is 9.37 Å². The Hall–Kier alpha value is -1.16. The Labute approximate surface area is 105 Å². The number of fused-ring (bicyclic) bond motifs is 1. The first-order chi connectivity index (χ1) is 8.15. The van der Waals surface area contributed by atoms with E-state index in [1.807, 2.05) is 0 Å². The van der Waals surface area contributed by atoms with Crippen LogP contribution in [-0.2, 0) is 0 Å². The van der Waals surface area contributed by atoms with Gasteiger partial charge in [0.15, 0.2) is 5.13 Å². The summed E-state index contributed by atoms with van der Waals surface area (Å²) in [5.41, 5.74) is 0.864. The van der Waals surface area contributed by atoms with Crippen LogP contribution in [0.5, 0.6) is 0 Å². The van der Waals surface area contributed by atoms with Crippen molar-refractivity contribution in [2.24, 2.45) is 5.92 Å². The lowest BCUT2D eigenvalue weighted by atomic mass is 10.1. The van der Waals surface area contributed by atoms with E-state index in [4.69, 9.17) is 0 Å². The van der Waals surface area contributed by atoms with Crippen LogP contribution in [0, 0.1) is 11.7 Å². The van der Waals surface area contributed by atoms with Crippen LogP contribution in [0.25, 0.3) is 10.2 Å². The molecule has 0 spiro atoms. The van der Waals surface area contributed by atoms with E-state index in [9.17, 15) is 4.39 Å². The summed E-state index contributed by atoms with van der Waals surface area (Å²) in [4.78, 5) is 4.41. The highest BCUT2D eigenvalue weighted by Gasteiger charge is 2.04. The standard InChI is InChI=1S/C13H17FN2S/c1-9(2)4-3-7-15-13-16-11-6-5-10(14)8-12(11)17-13/h5-6,8-9H,3-4,7H2,1-2H3,(H,15,16). The van der Waals surface area contributed by atoms with E-state index in [0.717, 1.165) is 34.2 Å². The molecule has 0 aliphatic rings. The second-order valence-electron chi connectivity index (χ2n) is 4.59. The zero-order chi connectivity index (χ0) is 12.3. The average Bonchev–Trinajstić information content (AvgIpc) is 2.66. The average molecular weight is 252 g/mol. The molecule has 0 aliphatic heterocycles. The van der Waals surface area contributed by atoms with Gasteiger partial charge in [0.2, 0.25) is 0 Å². The van der Waals surface area contributed by atoms with Crippen LogP contribution >= 0.6 is 11.3 Å². The number of nitrogens with one attached hydrogen (secondary N) is 1. The number of aromatic nitrogens is 1. The Morgan fingerprint density at radius 1 is 1.41 bits per heavy atom. The molecule has 2 aromatic rings. The van der Waals surface area contributed by atoms with Gasteiger partial charge in [-0.3, -0.25) is 0 Å². The van der Waals surface area contributed by atoms with Crippen LogP contribution in [0.2, 0.25) is 0 Å². The van der Waals surface area contributed by atoms with Crippen molar-refractivity contribution < 1.29 is 4.39 Å². The number of thiazole rings is 1. The molecule has 0 radical (unpaired) electrons. The third-order valence-electron chi connectivity index (χ3n) is 2.58. The maximum absolute atomic E-state index is 13.0. The molecule has 92 valence electrons. The molecule has 1 aromatic carbocycles. The van der Waals surface area contributed by atoms with Crippen LogP contribution < -0.4 is 5.32 Å². The van der Waals surface area contributed by atoms with E-state index in [1.165, 1.54) is 29.9 Å². The Balaban J connectivity index is 1.95. The molecule has 1 heterocycles. The van der Waals surface area contributed by atoms with Gasteiger partial charge in [0.1, 0.15) is 5.82 Å². The first-order valence-corrected chi connectivity index (χ1v) is 6.77. The van der Waals surface area contributed by atoms with Crippen molar-refractivity contribution in [2.75, 3.05) is 11.9 Å². The van der Waals surface area contributed by atoms with Gasteiger partial charge in [-0.05, 0) is 37.0 Å². The summed E-state index contributed by atoms with van der Waals surface area (Å²) >= 11 is 1.51. The third kappa shape index (κ3) is 3.40. The maximum atomic E-state index is 13.0. The first-order valence-electron chi connectivity index (χ1n) is 5.95. The van der Waals surface area contributed by atoms with Gasteiger partial charge in [0.05, 0.1) is 10.2 Å². The molecular formula is C13H17FN2S. The van der Waals surface area contributed by atoms with Crippen LogP contribution in [0.15, 0.2) is 18.2 Å². The van der Waals surface area contributed by atoms with E-state index in [2.05, 4.69) is 24.1 Å². The summed E-state index contributed by atoms with van der Waals surface area (Å²) in [6.07, 6.45) is 2.36. The minimum Gasteiger partial charge on any atom is -0.361 e. The van der Waals surface area contributed by atoms with Gasteiger partial charge in [0.25, 0.3) is 0 Å². The van der Waals surface area contributed by atoms with Crippen molar-refractivity contribution in [3.05, 3.63) is 24.0 Å². The highest BCUT2D eigenvalue weighted by molar-refractivity contribution is 7.22. The fourth-order valence-corrected chi connectivity index (χ4v) is 2.60. The molecular weight excluding hydrogens is 235 g/mol. The van der Waals surface area contributed by atoms with E-state index in [0.29, 0.717) is 0 Å². The number of hydrogen-bond donors (Lipinski definition) is 1. The Morgan fingerprint density at radius 3 is 3.00 bits per heavy atom. The lowest BCUT2D eigenvalue weighted by Gasteiger charge is -2.04. The molecule has 1 aromatic heterocycles. The van der Waals surface area contributed by atoms with Crippen molar-refractivity contribution in [1.82, 2.24) is 4.98 Å². The van der Waals surface area contributed by atoms with Crippen LogP contribution in [0.1, 0.15) is 26.7 Å². The summed E-state index contributed by atoms with van der Waals surface area (Å²) in [5.74, 6) is 0.536. The number of anilines is 1.